The van der Waals surface area contributed by atoms with E-state index < -0.39 is 30.0 Å². The van der Waals surface area contributed by atoms with Crippen LogP contribution in [0.4, 0.5) is 10.5 Å². The van der Waals surface area contributed by atoms with Gasteiger partial charge < -0.3 is 23.8 Å². The van der Waals surface area contributed by atoms with Gasteiger partial charge >= 0.3 is 12.1 Å². The molecule has 2 heterocycles. The van der Waals surface area contributed by atoms with Gasteiger partial charge in [0.15, 0.2) is 17.6 Å². The topological polar surface area (TPSA) is 120 Å². The number of ether oxygens (including phenoxy) is 4. The third-order valence-electron chi connectivity index (χ3n) is 4.37. The van der Waals surface area contributed by atoms with Gasteiger partial charge in [-0.2, -0.15) is 0 Å². The van der Waals surface area contributed by atoms with Crippen LogP contribution in [0.15, 0.2) is 18.2 Å². The molecule has 0 aromatic heterocycles. The average molecular weight is 392 g/mol. The number of benzene rings is 1. The van der Waals surface area contributed by atoms with E-state index >= 15 is 0 Å². The highest BCUT2D eigenvalue weighted by Gasteiger charge is 2.37. The van der Waals surface area contributed by atoms with E-state index in [0.717, 1.165) is 7.11 Å². The second-order valence-corrected chi connectivity index (χ2v) is 6.29. The van der Waals surface area contributed by atoms with E-state index in [1.54, 1.807) is 18.2 Å². The SMILES string of the molecule is COC(=O)NC(=O)[C@@H](C)OC(=O)[C@@H]1CC(=O)N(c2ccc3c(c2)OCCO3)C1. The molecule has 0 radical (unpaired) electrons. The first-order valence-corrected chi connectivity index (χ1v) is 8.68. The highest BCUT2D eigenvalue weighted by Crippen LogP contribution is 2.36. The Hall–Kier alpha value is -3.30. The number of carbonyl (C=O) groups excluding carboxylic acids is 4. The zero-order valence-corrected chi connectivity index (χ0v) is 15.4. The second kappa shape index (κ2) is 8.15. The van der Waals surface area contributed by atoms with Gasteiger partial charge in [0.05, 0.1) is 13.0 Å². The molecule has 0 aliphatic carbocycles. The van der Waals surface area contributed by atoms with Gasteiger partial charge in [-0.25, -0.2) is 4.79 Å². The summed E-state index contributed by atoms with van der Waals surface area (Å²) in [6, 6.07) is 5.11. The van der Waals surface area contributed by atoms with Gasteiger partial charge in [-0.1, -0.05) is 0 Å². The third kappa shape index (κ3) is 4.16. The molecule has 28 heavy (non-hydrogen) atoms. The number of hydrogen-bond donors (Lipinski definition) is 1. The number of fused-ring (bicyclic) bond motifs is 1. The second-order valence-electron chi connectivity index (χ2n) is 6.29. The lowest BCUT2D eigenvalue weighted by Gasteiger charge is -2.22. The fourth-order valence-corrected chi connectivity index (χ4v) is 2.89. The van der Waals surface area contributed by atoms with Crippen LogP contribution in [-0.4, -0.2) is 56.8 Å². The van der Waals surface area contributed by atoms with Crippen LogP contribution >= 0.6 is 0 Å². The first kappa shape index (κ1) is 19.5. The average Bonchev–Trinajstić information content (AvgIpc) is 3.09. The summed E-state index contributed by atoms with van der Waals surface area (Å²) in [6.07, 6.45) is -2.20. The third-order valence-corrected chi connectivity index (χ3v) is 4.37. The largest absolute Gasteiger partial charge is 0.486 e. The van der Waals surface area contributed by atoms with Gasteiger partial charge in [0.1, 0.15) is 13.2 Å². The van der Waals surface area contributed by atoms with Gasteiger partial charge in [-0.05, 0) is 19.1 Å². The summed E-state index contributed by atoms with van der Waals surface area (Å²) in [5.41, 5.74) is 0.584. The van der Waals surface area contributed by atoms with Gasteiger partial charge in [0.25, 0.3) is 5.91 Å². The van der Waals surface area contributed by atoms with Crippen LogP contribution in [0.25, 0.3) is 0 Å². The maximum atomic E-state index is 12.4. The molecule has 1 fully saturated rings. The summed E-state index contributed by atoms with van der Waals surface area (Å²) in [7, 11) is 1.11. The van der Waals surface area contributed by atoms with Crippen molar-refractivity contribution in [3.8, 4) is 11.5 Å². The lowest BCUT2D eigenvalue weighted by molar-refractivity contribution is -0.158. The van der Waals surface area contributed by atoms with Gasteiger partial charge in [0, 0.05) is 24.7 Å². The minimum Gasteiger partial charge on any atom is -0.486 e. The summed E-state index contributed by atoms with van der Waals surface area (Å²) >= 11 is 0. The van der Waals surface area contributed by atoms with Crippen LogP contribution in [0.3, 0.4) is 0 Å². The lowest BCUT2D eigenvalue weighted by atomic mass is 10.1. The Kier molecular flexibility index (Phi) is 5.67. The molecule has 3 amide bonds. The molecular weight excluding hydrogens is 372 g/mol. The maximum Gasteiger partial charge on any atom is 0.413 e. The number of rotatable bonds is 4. The van der Waals surface area contributed by atoms with E-state index in [4.69, 9.17) is 14.2 Å². The molecule has 1 aromatic carbocycles. The minimum absolute atomic E-state index is 0.0430. The van der Waals surface area contributed by atoms with Crippen molar-refractivity contribution in [3.05, 3.63) is 18.2 Å². The number of methoxy groups -OCH3 is 1. The molecule has 10 heteroatoms. The van der Waals surface area contributed by atoms with Crippen LogP contribution < -0.4 is 19.7 Å². The van der Waals surface area contributed by atoms with Crippen LogP contribution in [0, 0.1) is 5.92 Å². The molecule has 1 aromatic rings. The van der Waals surface area contributed by atoms with Crippen molar-refractivity contribution in [2.24, 2.45) is 5.92 Å². The molecule has 0 unspecified atom stereocenters. The highest BCUT2D eigenvalue weighted by molar-refractivity contribution is 6.00. The molecule has 0 saturated carbocycles. The Balaban J connectivity index is 1.61. The Labute approximate surface area is 160 Å². The minimum atomic E-state index is -1.20. The molecule has 150 valence electrons. The fourth-order valence-electron chi connectivity index (χ4n) is 2.89. The zero-order valence-electron chi connectivity index (χ0n) is 15.4. The molecule has 0 spiro atoms. The lowest BCUT2D eigenvalue weighted by Crippen LogP contribution is -2.40. The predicted octanol–water partition coefficient (Wildman–Crippen LogP) is 0.625. The monoisotopic (exact) mass is 392 g/mol. The van der Waals surface area contributed by atoms with Gasteiger partial charge in [-0.3, -0.25) is 19.7 Å². The van der Waals surface area contributed by atoms with E-state index in [1.165, 1.54) is 11.8 Å². The normalized spacial score (nSPS) is 19.0. The molecule has 2 atom stereocenters. The number of esters is 1. The summed E-state index contributed by atoms with van der Waals surface area (Å²) in [6.45, 7) is 2.32. The van der Waals surface area contributed by atoms with Crippen molar-refractivity contribution in [2.45, 2.75) is 19.4 Å². The molecular formula is C18H20N2O8. The number of anilines is 1. The number of nitrogens with zero attached hydrogens (tertiary/aromatic N) is 1. The Morgan fingerprint density at radius 1 is 1.21 bits per heavy atom. The molecule has 3 rings (SSSR count). The van der Waals surface area contributed by atoms with E-state index in [2.05, 4.69) is 4.74 Å². The molecule has 1 saturated heterocycles. The number of amides is 3. The number of imide groups is 1. The first-order valence-electron chi connectivity index (χ1n) is 8.68. The molecule has 10 nitrogen and oxygen atoms in total. The number of carbonyl (C=O) groups is 4. The van der Waals surface area contributed by atoms with E-state index in [9.17, 15) is 19.2 Å². The van der Waals surface area contributed by atoms with Crippen molar-refractivity contribution >= 4 is 29.6 Å². The molecule has 1 N–H and O–H groups in total. The van der Waals surface area contributed by atoms with Crippen LogP contribution in [0.2, 0.25) is 0 Å². The Morgan fingerprint density at radius 3 is 2.64 bits per heavy atom. The molecule has 0 bridgehead atoms. The molecule has 2 aliphatic heterocycles. The smallest absolute Gasteiger partial charge is 0.413 e. The van der Waals surface area contributed by atoms with Gasteiger partial charge in [0.2, 0.25) is 5.91 Å². The summed E-state index contributed by atoms with van der Waals surface area (Å²) < 4.78 is 20.4. The number of hydrogen-bond acceptors (Lipinski definition) is 8. The van der Waals surface area contributed by atoms with E-state index in [1.807, 2.05) is 5.32 Å². The maximum absolute atomic E-state index is 12.4. The molecule has 2 aliphatic rings. The van der Waals surface area contributed by atoms with Crippen LogP contribution in [0.1, 0.15) is 13.3 Å². The zero-order chi connectivity index (χ0) is 20.3. The van der Waals surface area contributed by atoms with Crippen LogP contribution in [0.5, 0.6) is 11.5 Å². The van der Waals surface area contributed by atoms with Crippen molar-refractivity contribution in [1.29, 1.82) is 0 Å². The van der Waals surface area contributed by atoms with Crippen molar-refractivity contribution in [1.82, 2.24) is 5.32 Å². The quantitative estimate of drug-likeness (QED) is 0.741. The van der Waals surface area contributed by atoms with E-state index in [0.29, 0.717) is 30.4 Å². The van der Waals surface area contributed by atoms with Gasteiger partial charge in [-0.15, -0.1) is 0 Å². The Morgan fingerprint density at radius 2 is 1.93 bits per heavy atom. The number of alkyl carbamates (subject to hydrolysis) is 1. The predicted molar refractivity (Wildman–Crippen MR) is 94.0 cm³/mol. The summed E-state index contributed by atoms with van der Waals surface area (Å²) in [5.74, 6) is -1.34. The standard InChI is InChI=1S/C18H20N2O8/c1-10(16(22)19-18(24)25-2)28-17(23)11-7-15(21)20(9-11)12-3-4-13-14(8-12)27-6-5-26-13/h3-4,8,10-11H,5-7,9H2,1-2H3,(H,19,22,24)/t10-,11-/m1/s1. The fraction of sp³-hybridized carbons (Fsp3) is 0.444. The number of nitrogens with one attached hydrogen (secondary N) is 1. The van der Waals surface area contributed by atoms with E-state index in [-0.39, 0.29) is 18.9 Å². The Bertz CT molecular complexity index is 809. The summed E-state index contributed by atoms with van der Waals surface area (Å²) in [4.78, 5) is 49.0. The van der Waals surface area contributed by atoms with Crippen molar-refractivity contribution < 1.29 is 38.1 Å². The summed E-state index contributed by atoms with van der Waals surface area (Å²) in [5, 5.41) is 1.92. The van der Waals surface area contributed by atoms with Crippen LogP contribution in [-0.2, 0) is 23.9 Å². The van der Waals surface area contributed by atoms with Crippen molar-refractivity contribution in [2.75, 3.05) is 31.8 Å². The van der Waals surface area contributed by atoms with Crippen molar-refractivity contribution in [3.63, 3.8) is 0 Å². The first-order chi connectivity index (χ1) is 13.4. The highest BCUT2D eigenvalue weighted by atomic mass is 16.6.